The third-order valence-corrected chi connectivity index (χ3v) is 2.24. The number of amides is 1. The van der Waals surface area contributed by atoms with Gasteiger partial charge in [-0.05, 0) is 34.6 Å². The molecule has 0 aromatic carbocycles. The zero-order chi connectivity index (χ0) is 11.6. The van der Waals surface area contributed by atoms with Crippen molar-refractivity contribution >= 4 is 6.09 Å². The third kappa shape index (κ3) is 3.70. The highest BCUT2D eigenvalue weighted by atomic mass is 16.6. The molecule has 15 heavy (non-hydrogen) atoms. The van der Waals surface area contributed by atoms with E-state index in [2.05, 4.69) is 0 Å². The van der Waals surface area contributed by atoms with E-state index in [-0.39, 0.29) is 18.2 Å². The molecule has 4 heteroatoms. The Balaban J connectivity index is 2.57. The number of hydrogen-bond acceptors (Lipinski definition) is 3. The van der Waals surface area contributed by atoms with Gasteiger partial charge in [0.15, 0.2) is 0 Å². The lowest BCUT2D eigenvalue weighted by Crippen LogP contribution is -2.51. The summed E-state index contributed by atoms with van der Waals surface area (Å²) in [6, 6.07) is 0.0936. The molecule has 88 valence electrons. The summed E-state index contributed by atoms with van der Waals surface area (Å²) in [7, 11) is 0. The van der Waals surface area contributed by atoms with Gasteiger partial charge < -0.3 is 14.4 Å². The van der Waals surface area contributed by atoms with Crippen LogP contribution in [0.2, 0.25) is 0 Å². The van der Waals surface area contributed by atoms with E-state index >= 15 is 0 Å². The topological polar surface area (TPSA) is 38.8 Å². The molecular formula is C11H21NO3. The number of ether oxygens (including phenoxy) is 2. The summed E-state index contributed by atoms with van der Waals surface area (Å²) in [4.78, 5) is 13.6. The van der Waals surface area contributed by atoms with E-state index in [1.807, 2.05) is 34.6 Å². The highest BCUT2D eigenvalue weighted by Gasteiger charge is 2.30. The van der Waals surface area contributed by atoms with E-state index in [9.17, 15) is 4.79 Å². The van der Waals surface area contributed by atoms with Gasteiger partial charge >= 0.3 is 6.09 Å². The van der Waals surface area contributed by atoms with Gasteiger partial charge in [-0.3, -0.25) is 0 Å². The van der Waals surface area contributed by atoms with E-state index in [1.54, 1.807) is 4.90 Å². The number of rotatable bonds is 0. The van der Waals surface area contributed by atoms with Crippen LogP contribution in [0.3, 0.4) is 0 Å². The molecule has 0 spiro atoms. The maximum atomic E-state index is 11.8. The quantitative estimate of drug-likeness (QED) is 0.620. The molecule has 1 amide bonds. The van der Waals surface area contributed by atoms with Crippen LogP contribution in [0.5, 0.6) is 0 Å². The number of hydrogen-bond donors (Lipinski definition) is 0. The van der Waals surface area contributed by atoms with Crippen LogP contribution >= 0.6 is 0 Å². The van der Waals surface area contributed by atoms with Gasteiger partial charge in [0.1, 0.15) is 5.60 Å². The maximum Gasteiger partial charge on any atom is 0.410 e. The second kappa shape index (κ2) is 4.39. The predicted molar refractivity (Wildman–Crippen MR) is 57.8 cm³/mol. The fourth-order valence-corrected chi connectivity index (χ4v) is 1.48. The average Bonchev–Trinajstić information content (AvgIpc) is 2.06. The van der Waals surface area contributed by atoms with Crippen LogP contribution in [0, 0.1) is 0 Å². The van der Waals surface area contributed by atoms with Crippen molar-refractivity contribution in [1.29, 1.82) is 0 Å². The smallest absolute Gasteiger partial charge is 0.410 e. The van der Waals surface area contributed by atoms with E-state index in [4.69, 9.17) is 9.47 Å². The summed E-state index contributed by atoms with van der Waals surface area (Å²) in [6.07, 6.45) is -0.154. The van der Waals surface area contributed by atoms with Crippen molar-refractivity contribution in [3.05, 3.63) is 0 Å². The molecule has 0 saturated carbocycles. The highest BCUT2D eigenvalue weighted by Crippen LogP contribution is 2.16. The van der Waals surface area contributed by atoms with Crippen LogP contribution in [-0.2, 0) is 9.47 Å². The molecule has 0 aromatic rings. The first-order chi connectivity index (χ1) is 6.79. The Bertz CT molecular complexity index is 234. The van der Waals surface area contributed by atoms with Gasteiger partial charge in [-0.25, -0.2) is 4.79 Å². The monoisotopic (exact) mass is 215 g/mol. The molecule has 0 N–H and O–H groups in total. The summed E-state index contributed by atoms with van der Waals surface area (Å²) in [5.74, 6) is 0. The molecule has 0 radical (unpaired) electrons. The van der Waals surface area contributed by atoms with Crippen LogP contribution in [0.15, 0.2) is 0 Å². The van der Waals surface area contributed by atoms with Gasteiger partial charge in [-0.2, -0.15) is 0 Å². The Kier molecular flexibility index (Phi) is 3.60. The lowest BCUT2D eigenvalue weighted by atomic mass is 10.2. The first kappa shape index (κ1) is 12.3. The summed E-state index contributed by atoms with van der Waals surface area (Å²) >= 11 is 0. The van der Waals surface area contributed by atoms with Gasteiger partial charge in [0.05, 0.1) is 25.3 Å². The highest BCUT2D eigenvalue weighted by molar-refractivity contribution is 5.68. The van der Waals surface area contributed by atoms with Gasteiger partial charge in [-0.15, -0.1) is 0 Å². The summed E-state index contributed by atoms with van der Waals surface area (Å²) < 4.78 is 10.8. The molecule has 1 rings (SSSR count). The first-order valence-corrected chi connectivity index (χ1v) is 5.41. The number of carbonyl (C=O) groups excluding carboxylic acids is 1. The molecule has 1 aliphatic rings. The number of morpholine rings is 1. The van der Waals surface area contributed by atoms with Crippen molar-refractivity contribution in [3.8, 4) is 0 Å². The molecule has 0 bridgehead atoms. The van der Waals surface area contributed by atoms with E-state index in [0.29, 0.717) is 13.2 Å². The minimum absolute atomic E-state index is 0.0914. The second-order valence-electron chi connectivity index (χ2n) is 5.13. The van der Waals surface area contributed by atoms with Crippen molar-refractivity contribution in [2.75, 3.05) is 13.2 Å². The van der Waals surface area contributed by atoms with Gasteiger partial charge in [-0.1, -0.05) is 0 Å². The largest absolute Gasteiger partial charge is 0.444 e. The molecule has 4 nitrogen and oxygen atoms in total. The Labute approximate surface area is 91.5 Å². The Morgan fingerprint density at radius 1 is 1.40 bits per heavy atom. The van der Waals surface area contributed by atoms with Crippen LogP contribution < -0.4 is 0 Å². The lowest BCUT2D eigenvalue weighted by Gasteiger charge is -2.37. The van der Waals surface area contributed by atoms with Crippen LogP contribution in [-0.4, -0.2) is 41.9 Å². The fourth-order valence-electron chi connectivity index (χ4n) is 1.48. The SMILES string of the molecule is C[C@H]1CN(C(=O)OC(C)(C)C)[C@@H](C)CO1. The van der Waals surface area contributed by atoms with Crippen molar-refractivity contribution in [2.45, 2.75) is 52.4 Å². The molecule has 0 unspecified atom stereocenters. The van der Waals surface area contributed by atoms with Gasteiger partial charge in [0.2, 0.25) is 0 Å². The van der Waals surface area contributed by atoms with Crippen molar-refractivity contribution in [1.82, 2.24) is 4.90 Å². The minimum atomic E-state index is -0.432. The molecule has 1 heterocycles. The summed E-state index contributed by atoms with van der Waals surface area (Å²) in [5, 5.41) is 0. The zero-order valence-electron chi connectivity index (χ0n) is 10.2. The fraction of sp³-hybridized carbons (Fsp3) is 0.909. The lowest BCUT2D eigenvalue weighted by molar-refractivity contribution is -0.0587. The predicted octanol–water partition coefficient (Wildman–Crippen LogP) is 2.03. The van der Waals surface area contributed by atoms with Crippen molar-refractivity contribution < 1.29 is 14.3 Å². The standard InChI is InChI=1S/C11H21NO3/c1-8-7-14-9(2)6-12(8)10(13)15-11(3,4)5/h8-9H,6-7H2,1-5H3/t8-,9-/m0/s1. The van der Waals surface area contributed by atoms with E-state index in [0.717, 1.165) is 0 Å². The third-order valence-electron chi connectivity index (χ3n) is 2.24. The number of carbonyl (C=O) groups is 1. The molecular weight excluding hydrogens is 194 g/mol. The molecule has 1 saturated heterocycles. The summed E-state index contributed by atoms with van der Waals surface area (Å²) in [6.45, 7) is 10.7. The van der Waals surface area contributed by atoms with E-state index in [1.165, 1.54) is 0 Å². The Morgan fingerprint density at radius 2 is 2.00 bits per heavy atom. The van der Waals surface area contributed by atoms with Gasteiger partial charge in [0.25, 0.3) is 0 Å². The van der Waals surface area contributed by atoms with Crippen LogP contribution in [0.4, 0.5) is 4.79 Å². The Morgan fingerprint density at radius 3 is 2.53 bits per heavy atom. The van der Waals surface area contributed by atoms with Crippen LogP contribution in [0.25, 0.3) is 0 Å². The number of nitrogens with zero attached hydrogens (tertiary/aromatic N) is 1. The second-order valence-corrected chi connectivity index (χ2v) is 5.13. The minimum Gasteiger partial charge on any atom is -0.444 e. The summed E-state index contributed by atoms with van der Waals surface area (Å²) in [5.41, 5.74) is -0.432. The maximum absolute atomic E-state index is 11.8. The van der Waals surface area contributed by atoms with Crippen molar-refractivity contribution in [3.63, 3.8) is 0 Å². The van der Waals surface area contributed by atoms with E-state index < -0.39 is 5.60 Å². The molecule has 1 fully saturated rings. The van der Waals surface area contributed by atoms with Gasteiger partial charge in [0, 0.05) is 0 Å². The van der Waals surface area contributed by atoms with Crippen LogP contribution in [0.1, 0.15) is 34.6 Å². The zero-order valence-corrected chi connectivity index (χ0v) is 10.2. The normalized spacial score (nSPS) is 27.7. The first-order valence-electron chi connectivity index (χ1n) is 5.41. The molecule has 2 atom stereocenters. The average molecular weight is 215 g/mol. The molecule has 0 aromatic heterocycles. The molecule has 1 aliphatic heterocycles. The van der Waals surface area contributed by atoms with Crippen molar-refractivity contribution in [2.24, 2.45) is 0 Å². The Hall–Kier alpha value is -0.770. The molecule has 0 aliphatic carbocycles.